The molecule has 3 nitrogen and oxygen atoms in total. The molecule has 8 aromatic carbocycles. The van der Waals surface area contributed by atoms with E-state index in [1.54, 1.807) is 24.3 Å². The summed E-state index contributed by atoms with van der Waals surface area (Å²) < 4.78 is 97.6. The van der Waals surface area contributed by atoms with Crippen LogP contribution in [0.3, 0.4) is 0 Å². The van der Waals surface area contributed by atoms with Crippen LogP contribution in [0.25, 0.3) is 88.7 Å². The topological polar surface area (TPSA) is 38.7 Å². The zero-order valence-corrected chi connectivity index (χ0v) is 25.2. The van der Waals surface area contributed by atoms with Crippen LogP contribution in [-0.2, 0) is 0 Å². The highest BCUT2D eigenvalue weighted by atomic mass is 15.0. The number of hydrogen-bond acceptors (Lipinski definition) is 3. The Balaban J connectivity index is 1.29. The molecule has 1 aromatic heterocycles. The van der Waals surface area contributed by atoms with Gasteiger partial charge in [-0.3, -0.25) is 0 Å². The maximum absolute atomic E-state index is 9.64. The van der Waals surface area contributed by atoms with Crippen molar-refractivity contribution < 1.29 is 15.1 Å². The molecule has 0 unspecified atom stereocenters. The van der Waals surface area contributed by atoms with Gasteiger partial charge in [0.2, 0.25) is 0 Å². The molecule has 0 spiro atoms. The van der Waals surface area contributed by atoms with Gasteiger partial charge < -0.3 is 0 Å². The molecule has 0 fully saturated rings. The molecule has 1 heterocycles. The first-order valence-electron chi connectivity index (χ1n) is 20.8. The summed E-state index contributed by atoms with van der Waals surface area (Å²) in [5, 5.41) is -1.07. The smallest absolute Gasteiger partial charge is 0.164 e. The van der Waals surface area contributed by atoms with Crippen LogP contribution in [-0.4, -0.2) is 15.0 Å². The molecule has 0 saturated carbocycles. The minimum Gasteiger partial charge on any atom is -0.208 e. The third-order valence-corrected chi connectivity index (χ3v) is 8.26. The number of rotatable bonds is 5. The van der Waals surface area contributed by atoms with Crippen LogP contribution >= 0.6 is 0 Å². The Morgan fingerprint density at radius 2 is 0.729 bits per heavy atom. The zero-order chi connectivity index (χ0) is 41.4. The zero-order valence-electron chi connectivity index (χ0n) is 36.2. The van der Waals surface area contributed by atoms with E-state index in [2.05, 4.69) is 0 Å². The second-order valence-electron chi connectivity index (χ2n) is 11.2. The van der Waals surface area contributed by atoms with Crippen molar-refractivity contribution in [1.82, 2.24) is 15.0 Å². The van der Waals surface area contributed by atoms with E-state index >= 15 is 0 Å². The van der Waals surface area contributed by atoms with Crippen molar-refractivity contribution in [2.24, 2.45) is 0 Å². The Morgan fingerprint density at radius 1 is 0.312 bits per heavy atom. The highest BCUT2D eigenvalue weighted by Gasteiger charge is 2.14. The third-order valence-electron chi connectivity index (χ3n) is 8.26. The summed E-state index contributed by atoms with van der Waals surface area (Å²) in [5.41, 5.74) is 4.41. The van der Waals surface area contributed by atoms with Gasteiger partial charge in [-0.25, -0.2) is 15.0 Å². The summed E-state index contributed by atoms with van der Waals surface area (Å²) in [5.74, 6) is 1.13. The molecular weight excluding hydrogens is 583 g/mol. The summed E-state index contributed by atoms with van der Waals surface area (Å²) in [6.45, 7) is 0. The monoisotopic (exact) mass is 622 g/mol. The maximum atomic E-state index is 9.64. The van der Waals surface area contributed by atoms with Gasteiger partial charge in [0.15, 0.2) is 17.5 Å². The maximum Gasteiger partial charge on any atom is 0.164 e. The van der Waals surface area contributed by atoms with Crippen LogP contribution < -0.4 is 0 Å². The Bertz CT molecular complexity index is 3170. The number of nitrogens with zero attached hydrogens (tertiary/aromatic N) is 3. The van der Waals surface area contributed by atoms with Crippen LogP contribution in [0, 0.1) is 0 Å². The Labute approximate surface area is 294 Å². The first-order valence-corrected chi connectivity index (χ1v) is 15.3. The van der Waals surface area contributed by atoms with E-state index in [4.69, 9.17) is 25.9 Å². The van der Waals surface area contributed by atoms with Crippen LogP contribution in [0.2, 0.25) is 0 Å². The van der Waals surface area contributed by atoms with E-state index in [1.807, 2.05) is 84.9 Å². The molecule has 224 valence electrons. The van der Waals surface area contributed by atoms with Gasteiger partial charge in [-0.1, -0.05) is 164 Å². The Morgan fingerprint density at radius 3 is 1.33 bits per heavy atom. The highest BCUT2D eigenvalue weighted by molar-refractivity contribution is 6.25. The fraction of sp³-hybridized carbons (Fsp3) is 0. The molecule has 0 aliphatic heterocycles. The lowest BCUT2D eigenvalue weighted by Gasteiger charge is -2.13. The fourth-order valence-corrected chi connectivity index (χ4v) is 5.91. The molecule has 0 radical (unpaired) electrons. The molecule has 0 N–H and O–H groups in total. The van der Waals surface area contributed by atoms with Gasteiger partial charge in [-0.05, 0) is 66.7 Å². The van der Waals surface area contributed by atoms with E-state index in [9.17, 15) is 4.11 Å². The third kappa shape index (κ3) is 4.99. The van der Waals surface area contributed by atoms with Crippen LogP contribution in [0.15, 0.2) is 176 Å². The molecule has 0 amide bonds. The SMILES string of the molecule is [2H]c1c([2H])c([2H])c2c(c1[2H])c1c([2H])c([2H])c([2H])c([2H])c1c1c([2H])c(-c3cccc(-c4nc(-c5ccccc5)nc(-c5ccc(-c6ccccc6)cc5)n4)c3)c([2H])c([2H])c21. The van der Waals surface area contributed by atoms with Crippen LogP contribution in [0.1, 0.15) is 15.1 Å². The van der Waals surface area contributed by atoms with E-state index in [0.29, 0.717) is 28.6 Å². The summed E-state index contributed by atoms with van der Waals surface area (Å²) in [6.07, 6.45) is 0. The van der Waals surface area contributed by atoms with Gasteiger partial charge in [-0.15, -0.1) is 0 Å². The highest BCUT2D eigenvalue weighted by Crippen LogP contribution is 2.37. The van der Waals surface area contributed by atoms with Crippen molar-refractivity contribution in [2.45, 2.75) is 0 Å². The van der Waals surface area contributed by atoms with Gasteiger partial charge in [0.25, 0.3) is 0 Å². The van der Waals surface area contributed by atoms with E-state index in [0.717, 1.165) is 22.3 Å². The van der Waals surface area contributed by atoms with E-state index in [1.165, 1.54) is 0 Å². The minimum absolute atomic E-state index is 0.0210. The van der Waals surface area contributed by atoms with Gasteiger partial charge in [0.1, 0.15) is 0 Å². The van der Waals surface area contributed by atoms with Crippen molar-refractivity contribution in [1.29, 1.82) is 0 Å². The fourth-order valence-electron chi connectivity index (χ4n) is 5.91. The lowest BCUT2D eigenvalue weighted by atomic mass is 9.92. The number of aromatic nitrogens is 3. The average molecular weight is 623 g/mol. The number of benzene rings is 8. The van der Waals surface area contributed by atoms with Crippen LogP contribution in [0.4, 0.5) is 0 Å². The summed E-state index contributed by atoms with van der Waals surface area (Å²) in [4.78, 5) is 14.6. The first-order chi connectivity index (χ1) is 28.4. The quantitative estimate of drug-likeness (QED) is 0.179. The van der Waals surface area contributed by atoms with Gasteiger partial charge in [0, 0.05) is 16.7 Å². The molecule has 0 bridgehead atoms. The van der Waals surface area contributed by atoms with Gasteiger partial charge in [-0.2, -0.15) is 0 Å². The summed E-state index contributed by atoms with van der Waals surface area (Å²) in [7, 11) is 0. The second-order valence-corrected chi connectivity index (χ2v) is 11.2. The van der Waals surface area contributed by atoms with Crippen molar-refractivity contribution >= 4 is 32.3 Å². The standard InChI is InChI=1S/C45H29N3/c1-3-12-30(13-4-1)31-22-24-33(25-23-31)44-46-43(32-14-5-2-6-15-32)47-45(48-44)36-17-11-16-34(28-36)35-26-27-41-39-20-8-7-18-37(39)38-19-9-10-21-40(38)42(41)29-35/h1-29H/i7D,8D,9D,10D,18D,19D,20D,21D,26D,27D,29D. The summed E-state index contributed by atoms with van der Waals surface area (Å²) in [6, 6.07) is 28.3. The predicted octanol–water partition coefficient (Wildman–Crippen LogP) is 11.7. The average Bonchev–Trinajstić information content (AvgIpc) is 3.27. The summed E-state index contributed by atoms with van der Waals surface area (Å²) >= 11 is 0. The van der Waals surface area contributed by atoms with Crippen molar-refractivity contribution in [3.8, 4) is 56.4 Å². The normalized spacial score (nSPS) is 14.5. The molecule has 0 atom stereocenters. The van der Waals surface area contributed by atoms with E-state index < -0.39 is 60.4 Å². The second kappa shape index (κ2) is 11.7. The molecule has 9 rings (SSSR count). The molecule has 3 heteroatoms. The van der Waals surface area contributed by atoms with Crippen molar-refractivity contribution in [3.05, 3.63) is 176 Å². The molecular formula is C45H29N3. The largest absolute Gasteiger partial charge is 0.208 e. The Kier molecular flexibility index (Phi) is 4.55. The van der Waals surface area contributed by atoms with E-state index in [-0.39, 0.29) is 43.9 Å². The Hall–Kier alpha value is -6.45. The van der Waals surface area contributed by atoms with Crippen molar-refractivity contribution in [2.75, 3.05) is 0 Å². The van der Waals surface area contributed by atoms with Gasteiger partial charge >= 0.3 is 0 Å². The number of fused-ring (bicyclic) bond motifs is 6. The molecule has 0 aliphatic rings. The lowest BCUT2D eigenvalue weighted by molar-refractivity contribution is 1.07. The predicted molar refractivity (Wildman–Crippen MR) is 200 cm³/mol. The molecule has 0 aliphatic carbocycles. The first kappa shape index (κ1) is 18.6. The molecule has 48 heavy (non-hydrogen) atoms. The lowest BCUT2D eigenvalue weighted by Crippen LogP contribution is -2.00. The minimum atomic E-state index is -0.617. The number of hydrogen-bond donors (Lipinski definition) is 0. The molecule has 9 aromatic rings. The van der Waals surface area contributed by atoms with Crippen LogP contribution in [0.5, 0.6) is 0 Å². The van der Waals surface area contributed by atoms with Gasteiger partial charge in [0.05, 0.1) is 15.1 Å². The molecule has 0 saturated heterocycles. The van der Waals surface area contributed by atoms with Crippen molar-refractivity contribution in [3.63, 3.8) is 0 Å².